The number of nitrogen functional groups attached to an aromatic ring is 1. The third kappa shape index (κ3) is 2.92. The van der Waals surface area contributed by atoms with Crippen molar-refractivity contribution in [3.05, 3.63) is 70.6 Å². The van der Waals surface area contributed by atoms with Crippen molar-refractivity contribution in [1.82, 2.24) is 19.6 Å². The van der Waals surface area contributed by atoms with Gasteiger partial charge in [0.05, 0.1) is 22.5 Å². The molecule has 0 saturated carbocycles. The van der Waals surface area contributed by atoms with Crippen molar-refractivity contribution < 1.29 is 13.2 Å². The molecule has 3 heterocycles. The van der Waals surface area contributed by atoms with Crippen molar-refractivity contribution in [1.29, 1.82) is 0 Å². The van der Waals surface area contributed by atoms with Crippen LogP contribution in [0.4, 0.5) is 19.0 Å². The van der Waals surface area contributed by atoms with Gasteiger partial charge in [0.25, 0.3) is 5.56 Å². The zero-order valence-corrected chi connectivity index (χ0v) is 13.7. The Balaban J connectivity index is 1.90. The van der Waals surface area contributed by atoms with E-state index in [9.17, 15) is 18.0 Å². The Morgan fingerprint density at radius 2 is 1.81 bits per heavy atom. The minimum absolute atomic E-state index is 0.117. The number of aromatic nitrogens is 4. The van der Waals surface area contributed by atoms with E-state index in [1.165, 1.54) is 18.2 Å². The van der Waals surface area contributed by atoms with Crippen LogP contribution in [0.1, 0.15) is 5.56 Å². The molecule has 0 aliphatic carbocycles. The molecule has 0 bridgehead atoms. The minimum Gasteiger partial charge on any atom is -0.382 e. The lowest BCUT2D eigenvalue weighted by atomic mass is 10.1. The first-order valence-corrected chi connectivity index (χ1v) is 7.85. The molecule has 1 aromatic carbocycles. The summed E-state index contributed by atoms with van der Waals surface area (Å²) in [7, 11) is 0. The maximum atomic E-state index is 12.7. The Hall–Kier alpha value is -3.62. The average Bonchev–Trinajstić information content (AvgIpc) is 2.98. The largest absolute Gasteiger partial charge is 0.416 e. The highest BCUT2D eigenvalue weighted by atomic mass is 19.4. The van der Waals surface area contributed by atoms with Gasteiger partial charge >= 0.3 is 6.18 Å². The highest BCUT2D eigenvalue weighted by molar-refractivity contribution is 5.85. The van der Waals surface area contributed by atoms with E-state index in [0.717, 1.165) is 16.6 Å². The van der Waals surface area contributed by atoms with Gasteiger partial charge in [-0.2, -0.15) is 17.7 Å². The van der Waals surface area contributed by atoms with Crippen LogP contribution in [0.3, 0.4) is 0 Å². The maximum Gasteiger partial charge on any atom is 0.416 e. The van der Waals surface area contributed by atoms with Gasteiger partial charge in [-0.25, -0.2) is 0 Å². The fourth-order valence-corrected chi connectivity index (χ4v) is 2.82. The molecule has 6 nitrogen and oxygen atoms in total. The van der Waals surface area contributed by atoms with Crippen molar-refractivity contribution in [3.8, 4) is 22.5 Å². The number of rotatable bonds is 2. The zero-order valence-electron chi connectivity index (χ0n) is 13.7. The van der Waals surface area contributed by atoms with Crippen molar-refractivity contribution in [2.24, 2.45) is 0 Å². The SMILES string of the molecule is Nc1nn2c(=O)cc(-c3ccc(C(F)(F)F)cc3)[nH]c2c1-c1ccccn1. The first-order valence-electron chi connectivity index (χ1n) is 7.85. The number of hydrogen-bond donors (Lipinski definition) is 2. The molecule has 0 saturated heterocycles. The molecule has 9 heteroatoms. The van der Waals surface area contributed by atoms with Crippen molar-refractivity contribution in [2.45, 2.75) is 6.18 Å². The van der Waals surface area contributed by atoms with E-state index in [1.807, 2.05) is 0 Å². The van der Waals surface area contributed by atoms with E-state index in [-0.39, 0.29) is 5.82 Å². The number of nitrogens with one attached hydrogen (secondary N) is 1. The van der Waals surface area contributed by atoms with Crippen LogP contribution >= 0.6 is 0 Å². The number of aromatic amines is 1. The summed E-state index contributed by atoms with van der Waals surface area (Å²) in [4.78, 5) is 19.7. The zero-order chi connectivity index (χ0) is 19.2. The predicted octanol–water partition coefficient (Wildman–Crippen LogP) is 3.35. The minimum atomic E-state index is -4.43. The standard InChI is InChI=1S/C18H12F3N5O/c19-18(20,21)11-6-4-10(5-7-11)13-9-14(27)26-17(24-13)15(16(22)25-26)12-3-1-2-8-23-12/h1-9,24H,(H2,22,25). The third-order valence-corrected chi connectivity index (χ3v) is 4.09. The van der Waals surface area contributed by atoms with Gasteiger partial charge in [-0.1, -0.05) is 18.2 Å². The van der Waals surface area contributed by atoms with Gasteiger partial charge in [0.2, 0.25) is 0 Å². The topological polar surface area (TPSA) is 89.1 Å². The highest BCUT2D eigenvalue weighted by Gasteiger charge is 2.30. The molecular weight excluding hydrogens is 359 g/mol. The molecule has 0 unspecified atom stereocenters. The molecule has 136 valence electrons. The monoisotopic (exact) mass is 371 g/mol. The number of H-pyrrole nitrogens is 1. The van der Waals surface area contributed by atoms with E-state index in [0.29, 0.717) is 28.2 Å². The molecule has 0 radical (unpaired) electrons. The van der Waals surface area contributed by atoms with Crippen LogP contribution < -0.4 is 11.3 Å². The van der Waals surface area contributed by atoms with E-state index < -0.39 is 17.3 Å². The van der Waals surface area contributed by atoms with Gasteiger partial charge in [0.15, 0.2) is 5.82 Å². The lowest BCUT2D eigenvalue weighted by Gasteiger charge is -2.08. The molecule has 27 heavy (non-hydrogen) atoms. The van der Waals surface area contributed by atoms with Crippen LogP contribution in [0.15, 0.2) is 59.5 Å². The third-order valence-electron chi connectivity index (χ3n) is 4.09. The van der Waals surface area contributed by atoms with Gasteiger partial charge in [0.1, 0.15) is 5.65 Å². The van der Waals surface area contributed by atoms with Gasteiger partial charge in [0, 0.05) is 12.3 Å². The first-order chi connectivity index (χ1) is 12.8. The van der Waals surface area contributed by atoms with E-state index in [2.05, 4.69) is 15.1 Å². The fourth-order valence-electron chi connectivity index (χ4n) is 2.82. The van der Waals surface area contributed by atoms with E-state index >= 15 is 0 Å². The van der Waals surface area contributed by atoms with Crippen LogP contribution in [0.25, 0.3) is 28.2 Å². The number of nitrogens with two attached hydrogens (primary N) is 1. The summed E-state index contributed by atoms with van der Waals surface area (Å²) in [6.45, 7) is 0. The summed E-state index contributed by atoms with van der Waals surface area (Å²) in [6, 6.07) is 11.0. The van der Waals surface area contributed by atoms with Gasteiger partial charge in [-0.3, -0.25) is 9.78 Å². The number of anilines is 1. The second-order valence-electron chi connectivity index (χ2n) is 5.83. The van der Waals surface area contributed by atoms with Crippen molar-refractivity contribution in [3.63, 3.8) is 0 Å². The molecule has 4 rings (SSSR count). The van der Waals surface area contributed by atoms with Gasteiger partial charge < -0.3 is 10.7 Å². The fraction of sp³-hybridized carbons (Fsp3) is 0.0556. The molecule has 3 N–H and O–H groups in total. The summed E-state index contributed by atoms with van der Waals surface area (Å²) in [5.41, 5.74) is 6.77. The van der Waals surface area contributed by atoms with Gasteiger partial charge in [-0.05, 0) is 29.8 Å². The normalized spacial score (nSPS) is 11.8. The van der Waals surface area contributed by atoms with Crippen LogP contribution in [0.5, 0.6) is 0 Å². The Labute approximate surface area is 150 Å². The number of benzene rings is 1. The van der Waals surface area contributed by atoms with Crippen molar-refractivity contribution >= 4 is 11.5 Å². The summed E-state index contributed by atoms with van der Waals surface area (Å²) >= 11 is 0. The molecular formula is C18H12F3N5O. The van der Waals surface area contributed by atoms with Crippen LogP contribution in [-0.2, 0) is 6.18 Å². The van der Waals surface area contributed by atoms with Crippen LogP contribution in [0, 0.1) is 0 Å². The molecule has 0 aliphatic rings. The number of pyridine rings is 1. The second kappa shape index (κ2) is 5.97. The Morgan fingerprint density at radius 3 is 2.44 bits per heavy atom. The lowest BCUT2D eigenvalue weighted by Crippen LogP contribution is -2.14. The molecule has 0 amide bonds. The van der Waals surface area contributed by atoms with Gasteiger partial charge in [-0.15, -0.1) is 5.10 Å². The molecule has 0 spiro atoms. The molecule has 0 fully saturated rings. The Morgan fingerprint density at radius 1 is 1.07 bits per heavy atom. The molecule has 0 aliphatic heterocycles. The number of nitrogens with zero attached hydrogens (tertiary/aromatic N) is 3. The maximum absolute atomic E-state index is 12.7. The first kappa shape index (κ1) is 16.8. The van der Waals surface area contributed by atoms with E-state index in [4.69, 9.17) is 5.73 Å². The molecule has 0 atom stereocenters. The average molecular weight is 371 g/mol. The Kier molecular flexibility index (Phi) is 3.72. The van der Waals surface area contributed by atoms with Crippen LogP contribution in [-0.4, -0.2) is 19.6 Å². The van der Waals surface area contributed by atoms with Crippen molar-refractivity contribution in [2.75, 3.05) is 5.73 Å². The summed E-state index contributed by atoms with van der Waals surface area (Å²) in [6.07, 6.45) is -2.85. The lowest BCUT2D eigenvalue weighted by molar-refractivity contribution is -0.137. The number of halogens is 3. The number of fused-ring (bicyclic) bond motifs is 1. The highest BCUT2D eigenvalue weighted by Crippen LogP contribution is 2.31. The number of alkyl halides is 3. The van der Waals surface area contributed by atoms with E-state index in [1.54, 1.807) is 24.4 Å². The summed E-state index contributed by atoms with van der Waals surface area (Å²) < 4.78 is 39.3. The Bertz CT molecular complexity index is 1180. The quantitative estimate of drug-likeness (QED) is 0.566. The second-order valence-corrected chi connectivity index (χ2v) is 5.83. The molecule has 4 aromatic rings. The summed E-state index contributed by atoms with van der Waals surface area (Å²) in [5.74, 6) is 0.117. The molecule has 3 aromatic heterocycles. The smallest absolute Gasteiger partial charge is 0.382 e. The van der Waals surface area contributed by atoms with Crippen LogP contribution in [0.2, 0.25) is 0 Å². The predicted molar refractivity (Wildman–Crippen MR) is 93.9 cm³/mol. The summed E-state index contributed by atoms with van der Waals surface area (Å²) in [5, 5.41) is 4.03. The number of hydrogen-bond acceptors (Lipinski definition) is 4.